The van der Waals surface area contributed by atoms with E-state index in [1.807, 2.05) is 0 Å². The largest absolute Gasteiger partial charge is 0.481 e. The van der Waals surface area contributed by atoms with Crippen molar-refractivity contribution in [2.75, 3.05) is 31.6 Å². The fraction of sp³-hybridized carbons (Fsp3) is 0.350. The van der Waals surface area contributed by atoms with E-state index in [-0.39, 0.29) is 4.90 Å². The number of benzene rings is 2. The highest BCUT2D eigenvalue weighted by atomic mass is 35.5. The Morgan fingerprint density at radius 3 is 2.48 bits per heavy atom. The van der Waals surface area contributed by atoms with Crippen LogP contribution in [0.4, 0.5) is 5.69 Å². The van der Waals surface area contributed by atoms with Crippen molar-refractivity contribution in [3.8, 4) is 5.75 Å². The number of nitrogens with zero attached hydrogens (tertiary/aromatic N) is 1. The van der Waals surface area contributed by atoms with Crippen LogP contribution in [0.1, 0.15) is 12.5 Å². The smallest absolute Gasteiger partial charge is 0.265 e. The molecule has 29 heavy (non-hydrogen) atoms. The molecule has 2 aromatic carbocycles. The molecule has 1 fully saturated rings. The lowest BCUT2D eigenvalue weighted by Gasteiger charge is -2.27. The molecular formula is C20H23ClN2O5S. The number of carbonyl (C=O) groups excluding carboxylic acids is 1. The molecule has 0 aromatic heterocycles. The Hall–Kier alpha value is -2.13. The molecular weight excluding hydrogens is 416 g/mol. The highest BCUT2D eigenvalue weighted by molar-refractivity contribution is 7.89. The van der Waals surface area contributed by atoms with Crippen molar-refractivity contribution in [1.29, 1.82) is 0 Å². The minimum Gasteiger partial charge on any atom is -0.481 e. The quantitative estimate of drug-likeness (QED) is 0.749. The van der Waals surface area contributed by atoms with E-state index in [1.54, 1.807) is 50.2 Å². The summed E-state index contributed by atoms with van der Waals surface area (Å²) in [4.78, 5) is 12.7. The molecule has 0 spiro atoms. The van der Waals surface area contributed by atoms with E-state index < -0.39 is 22.0 Å². The van der Waals surface area contributed by atoms with Crippen molar-refractivity contribution in [3.63, 3.8) is 0 Å². The van der Waals surface area contributed by atoms with E-state index >= 15 is 0 Å². The molecule has 0 aliphatic carbocycles. The van der Waals surface area contributed by atoms with Gasteiger partial charge in [0, 0.05) is 23.8 Å². The maximum absolute atomic E-state index is 13.0. The molecule has 7 nitrogen and oxygen atoms in total. The van der Waals surface area contributed by atoms with Crippen molar-refractivity contribution in [1.82, 2.24) is 4.31 Å². The van der Waals surface area contributed by atoms with Gasteiger partial charge >= 0.3 is 0 Å². The van der Waals surface area contributed by atoms with Gasteiger partial charge in [-0.1, -0.05) is 17.7 Å². The van der Waals surface area contributed by atoms with Crippen LogP contribution in [-0.4, -0.2) is 51.0 Å². The third kappa shape index (κ3) is 5.27. The number of halogens is 1. The van der Waals surface area contributed by atoms with Crippen molar-refractivity contribution >= 4 is 33.2 Å². The number of sulfonamides is 1. The van der Waals surface area contributed by atoms with E-state index in [4.69, 9.17) is 21.1 Å². The number of hydrogen-bond donors (Lipinski definition) is 1. The first-order valence-corrected chi connectivity index (χ1v) is 11.0. The lowest BCUT2D eigenvalue weighted by atomic mass is 10.2. The number of carbonyl (C=O) groups is 1. The highest BCUT2D eigenvalue weighted by Gasteiger charge is 2.28. The third-order valence-electron chi connectivity index (χ3n) is 4.54. The molecule has 2 aromatic rings. The summed E-state index contributed by atoms with van der Waals surface area (Å²) in [6, 6.07) is 11.5. The molecule has 0 saturated carbocycles. The van der Waals surface area contributed by atoms with Crippen molar-refractivity contribution in [3.05, 3.63) is 53.1 Å². The maximum atomic E-state index is 13.0. The standard InChI is InChI=1S/C20H23ClN2O5S/c1-14-3-6-17(13-19(14)29(25,26)23-9-11-27-12-10-23)22-20(24)15(2)28-18-7-4-16(21)5-8-18/h3-8,13,15H,9-12H2,1-2H3,(H,22,24). The fourth-order valence-electron chi connectivity index (χ4n) is 2.90. The molecule has 0 radical (unpaired) electrons. The summed E-state index contributed by atoms with van der Waals surface area (Å²) in [5.74, 6) is 0.120. The van der Waals surface area contributed by atoms with Crippen LogP contribution in [0.2, 0.25) is 5.02 Å². The zero-order chi connectivity index (χ0) is 21.0. The Balaban J connectivity index is 1.73. The number of nitrogens with one attached hydrogen (secondary N) is 1. The minimum absolute atomic E-state index is 0.170. The van der Waals surface area contributed by atoms with Crippen molar-refractivity contribution in [2.24, 2.45) is 0 Å². The zero-order valence-electron chi connectivity index (χ0n) is 16.2. The van der Waals surface area contributed by atoms with E-state index in [9.17, 15) is 13.2 Å². The zero-order valence-corrected chi connectivity index (χ0v) is 17.8. The van der Waals surface area contributed by atoms with Gasteiger partial charge in [-0.15, -0.1) is 0 Å². The molecule has 1 heterocycles. The Labute approximate surface area is 175 Å². The Morgan fingerprint density at radius 2 is 1.83 bits per heavy atom. The van der Waals surface area contributed by atoms with Gasteiger partial charge in [0.05, 0.1) is 18.1 Å². The second-order valence-electron chi connectivity index (χ2n) is 6.70. The molecule has 3 rings (SSSR count). The van der Waals surface area contributed by atoms with Crippen LogP contribution in [0.5, 0.6) is 5.75 Å². The van der Waals surface area contributed by atoms with Crippen molar-refractivity contribution < 1.29 is 22.7 Å². The molecule has 1 aliphatic rings. The molecule has 1 aliphatic heterocycles. The van der Waals surface area contributed by atoms with Gasteiger partial charge in [0.15, 0.2) is 6.10 Å². The molecule has 9 heteroatoms. The summed E-state index contributed by atoms with van der Waals surface area (Å²) >= 11 is 5.84. The Kier molecular flexibility index (Phi) is 6.79. The van der Waals surface area contributed by atoms with E-state index in [1.165, 1.54) is 10.4 Å². The normalized spacial score (nSPS) is 16.2. The molecule has 1 saturated heterocycles. The van der Waals surface area contributed by atoms with Gasteiger partial charge in [0.2, 0.25) is 10.0 Å². The number of amides is 1. The maximum Gasteiger partial charge on any atom is 0.265 e. The highest BCUT2D eigenvalue weighted by Crippen LogP contribution is 2.25. The van der Waals surface area contributed by atoms with Gasteiger partial charge in [-0.2, -0.15) is 4.31 Å². The number of aryl methyl sites for hydroxylation is 1. The molecule has 0 bridgehead atoms. The summed E-state index contributed by atoms with van der Waals surface area (Å²) in [6.07, 6.45) is -0.781. The van der Waals surface area contributed by atoms with E-state index in [0.29, 0.717) is 48.3 Å². The van der Waals surface area contributed by atoms with Gasteiger partial charge in [0.1, 0.15) is 5.75 Å². The van der Waals surface area contributed by atoms with Gasteiger partial charge < -0.3 is 14.8 Å². The molecule has 1 atom stereocenters. The predicted molar refractivity (Wildman–Crippen MR) is 111 cm³/mol. The first-order chi connectivity index (χ1) is 13.8. The fourth-order valence-corrected chi connectivity index (χ4v) is 4.68. The van der Waals surface area contributed by atoms with Gasteiger partial charge in [0.25, 0.3) is 5.91 Å². The van der Waals surface area contributed by atoms with Crippen LogP contribution in [-0.2, 0) is 19.6 Å². The average Bonchev–Trinajstić information content (AvgIpc) is 2.71. The lowest BCUT2D eigenvalue weighted by molar-refractivity contribution is -0.122. The van der Waals surface area contributed by atoms with Gasteiger partial charge in [-0.25, -0.2) is 8.42 Å². The Morgan fingerprint density at radius 1 is 1.17 bits per heavy atom. The second-order valence-corrected chi connectivity index (χ2v) is 9.04. The summed E-state index contributed by atoms with van der Waals surface area (Å²) in [5.41, 5.74) is 0.999. The summed E-state index contributed by atoms with van der Waals surface area (Å²) in [7, 11) is -3.67. The number of ether oxygens (including phenoxy) is 2. The minimum atomic E-state index is -3.67. The predicted octanol–water partition coefficient (Wildman–Crippen LogP) is 3.08. The molecule has 1 N–H and O–H groups in total. The number of hydrogen-bond acceptors (Lipinski definition) is 5. The first kappa shape index (κ1) is 21.6. The van der Waals surface area contributed by atoms with Crippen LogP contribution in [0.15, 0.2) is 47.4 Å². The van der Waals surface area contributed by atoms with Crippen LogP contribution in [0.3, 0.4) is 0 Å². The monoisotopic (exact) mass is 438 g/mol. The van der Waals surface area contributed by atoms with Gasteiger partial charge in [-0.3, -0.25) is 4.79 Å². The van der Waals surface area contributed by atoms with Crippen LogP contribution in [0, 0.1) is 6.92 Å². The molecule has 1 unspecified atom stereocenters. The summed E-state index contributed by atoms with van der Waals surface area (Å²) < 4.78 is 38.2. The van der Waals surface area contributed by atoms with Crippen LogP contribution in [0.25, 0.3) is 0 Å². The summed E-state index contributed by atoms with van der Waals surface area (Å²) in [6.45, 7) is 4.70. The number of anilines is 1. The second kappa shape index (κ2) is 9.13. The SMILES string of the molecule is Cc1ccc(NC(=O)C(C)Oc2ccc(Cl)cc2)cc1S(=O)(=O)N1CCOCC1. The van der Waals surface area contributed by atoms with E-state index in [0.717, 1.165) is 0 Å². The average molecular weight is 439 g/mol. The Bertz CT molecular complexity index is 973. The number of rotatable bonds is 6. The first-order valence-electron chi connectivity index (χ1n) is 9.19. The van der Waals surface area contributed by atoms with Crippen molar-refractivity contribution in [2.45, 2.75) is 24.8 Å². The summed E-state index contributed by atoms with van der Waals surface area (Å²) in [5, 5.41) is 3.29. The molecule has 156 valence electrons. The number of morpholine rings is 1. The topological polar surface area (TPSA) is 84.9 Å². The van der Waals surface area contributed by atoms with Crippen LogP contribution >= 0.6 is 11.6 Å². The van der Waals surface area contributed by atoms with E-state index in [2.05, 4.69) is 5.32 Å². The van der Waals surface area contributed by atoms with Crippen LogP contribution < -0.4 is 10.1 Å². The third-order valence-corrected chi connectivity index (χ3v) is 6.83. The lowest BCUT2D eigenvalue weighted by Crippen LogP contribution is -2.40. The van der Waals surface area contributed by atoms with Gasteiger partial charge in [-0.05, 0) is 55.8 Å². The molecule has 1 amide bonds.